The first-order chi connectivity index (χ1) is 12.2. The van der Waals surface area contributed by atoms with E-state index in [1.165, 1.54) is 0 Å². The van der Waals surface area contributed by atoms with Gasteiger partial charge in [0.25, 0.3) is 0 Å². The van der Waals surface area contributed by atoms with E-state index in [1.54, 1.807) is 0 Å². The highest BCUT2D eigenvalue weighted by Gasteiger charge is 2.25. The van der Waals surface area contributed by atoms with Crippen molar-refractivity contribution in [2.75, 3.05) is 26.4 Å². The van der Waals surface area contributed by atoms with Crippen LogP contribution in [0.15, 0.2) is 37.6 Å². The number of hydrogen-bond acceptors (Lipinski definition) is 5. The molecular weight excluding hydrogens is 456 g/mol. The SMILES string of the molecule is Brc1cc2c(cc1OCC1CO1)oc1cc(OCC3CO3)c(Br)cc12. The molecule has 2 saturated heterocycles. The Balaban J connectivity index is 1.51. The maximum atomic E-state index is 6.02. The van der Waals surface area contributed by atoms with Crippen molar-refractivity contribution in [3.63, 3.8) is 0 Å². The quantitative estimate of drug-likeness (QED) is 0.491. The first-order valence-electron chi connectivity index (χ1n) is 8.01. The number of hydrogen-bond donors (Lipinski definition) is 0. The molecule has 3 heterocycles. The van der Waals surface area contributed by atoms with Crippen LogP contribution in [0.3, 0.4) is 0 Å². The molecule has 2 fully saturated rings. The molecule has 0 spiro atoms. The van der Waals surface area contributed by atoms with E-state index < -0.39 is 0 Å². The van der Waals surface area contributed by atoms with Gasteiger partial charge in [0.1, 0.15) is 48.1 Å². The van der Waals surface area contributed by atoms with Crippen LogP contribution in [-0.2, 0) is 9.47 Å². The van der Waals surface area contributed by atoms with Crippen molar-refractivity contribution in [3.05, 3.63) is 33.2 Å². The van der Waals surface area contributed by atoms with E-state index in [0.29, 0.717) is 13.2 Å². The Morgan fingerprint density at radius 1 is 0.800 bits per heavy atom. The van der Waals surface area contributed by atoms with Crippen molar-refractivity contribution in [2.45, 2.75) is 12.2 Å². The van der Waals surface area contributed by atoms with Gasteiger partial charge in [-0.3, -0.25) is 0 Å². The topological polar surface area (TPSA) is 56.7 Å². The molecular formula is C18H14Br2O5. The predicted octanol–water partition coefficient (Wildman–Crippen LogP) is 4.67. The lowest BCUT2D eigenvalue weighted by atomic mass is 10.1. The summed E-state index contributed by atoms with van der Waals surface area (Å²) in [6.07, 6.45) is 0.425. The van der Waals surface area contributed by atoms with E-state index in [0.717, 1.165) is 55.6 Å². The monoisotopic (exact) mass is 468 g/mol. The van der Waals surface area contributed by atoms with Crippen molar-refractivity contribution >= 4 is 53.8 Å². The van der Waals surface area contributed by atoms with Crippen LogP contribution < -0.4 is 9.47 Å². The minimum atomic E-state index is 0.212. The summed E-state index contributed by atoms with van der Waals surface area (Å²) in [5.74, 6) is 1.51. The number of ether oxygens (including phenoxy) is 4. The van der Waals surface area contributed by atoms with Crippen LogP contribution in [0, 0.1) is 0 Å². The minimum absolute atomic E-state index is 0.212. The first-order valence-corrected chi connectivity index (χ1v) is 9.60. The predicted molar refractivity (Wildman–Crippen MR) is 99.6 cm³/mol. The average molecular weight is 470 g/mol. The molecule has 7 heteroatoms. The number of epoxide rings is 2. The third kappa shape index (κ3) is 3.26. The van der Waals surface area contributed by atoms with E-state index in [1.807, 2.05) is 24.3 Å². The Kier molecular flexibility index (Phi) is 3.93. The minimum Gasteiger partial charge on any atom is -0.489 e. The third-order valence-corrected chi connectivity index (χ3v) is 5.47. The highest BCUT2D eigenvalue weighted by molar-refractivity contribution is 9.11. The maximum absolute atomic E-state index is 6.02. The van der Waals surface area contributed by atoms with Crippen molar-refractivity contribution < 1.29 is 23.4 Å². The van der Waals surface area contributed by atoms with Gasteiger partial charge in [0.2, 0.25) is 0 Å². The van der Waals surface area contributed by atoms with Gasteiger partial charge in [0.05, 0.1) is 22.2 Å². The largest absolute Gasteiger partial charge is 0.489 e. The van der Waals surface area contributed by atoms with Crippen LogP contribution in [0.1, 0.15) is 0 Å². The summed E-state index contributed by atoms with van der Waals surface area (Å²) in [6.45, 7) is 2.65. The van der Waals surface area contributed by atoms with Crippen LogP contribution >= 0.6 is 31.9 Å². The number of benzene rings is 2. The molecule has 0 bridgehead atoms. The van der Waals surface area contributed by atoms with Gasteiger partial charge in [-0.15, -0.1) is 0 Å². The van der Waals surface area contributed by atoms with Gasteiger partial charge in [-0.1, -0.05) is 0 Å². The summed E-state index contributed by atoms with van der Waals surface area (Å²) in [5.41, 5.74) is 1.55. The summed E-state index contributed by atoms with van der Waals surface area (Å²) >= 11 is 7.16. The smallest absolute Gasteiger partial charge is 0.139 e. The summed E-state index contributed by atoms with van der Waals surface area (Å²) < 4.78 is 29.8. The molecule has 2 aliphatic rings. The molecule has 0 N–H and O–H groups in total. The molecule has 0 radical (unpaired) electrons. The Morgan fingerprint density at radius 3 is 1.64 bits per heavy atom. The zero-order chi connectivity index (χ0) is 17.0. The van der Waals surface area contributed by atoms with Gasteiger partial charge in [-0.2, -0.15) is 0 Å². The normalized spacial score (nSPS) is 21.7. The van der Waals surface area contributed by atoms with Gasteiger partial charge < -0.3 is 23.4 Å². The van der Waals surface area contributed by atoms with Crippen LogP contribution in [0.2, 0.25) is 0 Å². The van der Waals surface area contributed by atoms with Crippen LogP contribution in [-0.4, -0.2) is 38.6 Å². The van der Waals surface area contributed by atoms with Gasteiger partial charge >= 0.3 is 0 Å². The third-order valence-electron chi connectivity index (χ3n) is 4.23. The Labute approximate surface area is 160 Å². The van der Waals surface area contributed by atoms with E-state index in [2.05, 4.69) is 31.9 Å². The second-order valence-electron chi connectivity index (χ2n) is 6.19. The highest BCUT2D eigenvalue weighted by Crippen LogP contribution is 2.40. The van der Waals surface area contributed by atoms with Gasteiger partial charge in [0, 0.05) is 22.9 Å². The zero-order valence-corrected chi connectivity index (χ0v) is 16.3. The molecule has 2 unspecified atom stereocenters. The Hall–Kier alpha value is -1.28. The van der Waals surface area contributed by atoms with Gasteiger partial charge in [-0.25, -0.2) is 0 Å². The first kappa shape index (κ1) is 15.9. The number of halogens is 2. The molecule has 25 heavy (non-hydrogen) atoms. The van der Waals surface area contributed by atoms with E-state index >= 15 is 0 Å². The molecule has 0 aliphatic carbocycles. The van der Waals surface area contributed by atoms with Crippen LogP contribution in [0.25, 0.3) is 21.9 Å². The van der Waals surface area contributed by atoms with Crippen molar-refractivity contribution in [1.82, 2.24) is 0 Å². The fourth-order valence-corrected chi connectivity index (χ4v) is 3.61. The molecule has 5 nitrogen and oxygen atoms in total. The van der Waals surface area contributed by atoms with Crippen molar-refractivity contribution in [1.29, 1.82) is 0 Å². The Bertz CT molecular complexity index is 883. The zero-order valence-electron chi connectivity index (χ0n) is 13.1. The molecule has 5 rings (SSSR count). The van der Waals surface area contributed by atoms with E-state index in [4.69, 9.17) is 23.4 Å². The lowest BCUT2D eigenvalue weighted by Crippen LogP contribution is -2.04. The number of furan rings is 1. The summed E-state index contributed by atoms with van der Waals surface area (Å²) in [4.78, 5) is 0. The molecule has 3 aromatic rings. The van der Waals surface area contributed by atoms with Crippen molar-refractivity contribution in [2.24, 2.45) is 0 Å². The van der Waals surface area contributed by atoms with Gasteiger partial charge in [0.15, 0.2) is 0 Å². The fourth-order valence-electron chi connectivity index (χ4n) is 2.69. The molecule has 2 aromatic carbocycles. The summed E-state index contributed by atoms with van der Waals surface area (Å²) in [6, 6.07) is 7.87. The highest BCUT2D eigenvalue weighted by atomic mass is 79.9. The Morgan fingerprint density at radius 2 is 1.24 bits per heavy atom. The lowest BCUT2D eigenvalue weighted by molar-refractivity contribution is 0.261. The van der Waals surface area contributed by atoms with E-state index in [9.17, 15) is 0 Å². The molecule has 0 saturated carbocycles. The summed E-state index contributed by atoms with van der Waals surface area (Å²) in [5, 5.41) is 2.05. The van der Waals surface area contributed by atoms with Crippen molar-refractivity contribution in [3.8, 4) is 11.5 Å². The average Bonchev–Trinajstić information content (AvgIpc) is 3.50. The summed E-state index contributed by atoms with van der Waals surface area (Å²) in [7, 11) is 0. The standard InChI is InChI=1S/C18H14Br2O5/c19-13-1-11-12-2-14(20)18(24-8-10-6-22-10)4-16(12)25-15(11)3-17(13)23-7-9-5-21-9/h1-4,9-10H,5-8H2. The second-order valence-corrected chi connectivity index (χ2v) is 7.90. The molecule has 2 aliphatic heterocycles. The van der Waals surface area contributed by atoms with Gasteiger partial charge in [-0.05, 0) is 44.0 Å². The van der Waals surface area contributed by atoms with E-state index in [-0.39, 0.29) is 12.2 Å². The molecule has 1 aromatic heterocycles. The molecule has 0 amide bonds. The number of rotatable bonds is 6. The maximum Gasteiger partial charge on any atom is 0.139 e. The molecule has 2 atom stereocenters. The van der Waals surface area contributed by atoms with Crippen LogP contribution in [0.5, 0.6) is 11.5 Å². The van der Waals surface area contributed by atoms with Crippen LogP contribution in [0.4, 0.5) is 0 Å². The second kappa shape index (κ2) is 6.16. The lowest BCUT2D eigenvalue weighted by Gasteiger charge is -2.07. The number of fused-ring (bicyclic) bond motifs is 3. The fraction of sp³-hybridized carbons (Fsp3) is 0.333. The molecule has 130 valence electrons.